The van der Waals surface area contributed by atoms with Gasteiger partial charge in [0.15, 0.2) is 0 Å². The van der Waals surface area contributed by atoms with E-state index in [1.165, 1.54) is 24.8 Å². The van der Waals surface area contributed by atoms with Crippen molar-refractivity contribution >= 4 is 15.9 Å². The maximum absolute atomic E-state index is 6.08. The van der Waals surface area contributed by atoms with Crippen LogP contribution in [-0.2, 0) is 5.41 Å². The van der Waals surface area contributed by atoms with Crippen LogP contribution in [0.2, 0.25) is 0 Å². The minimum atomic E-state index is 0.173. The first-order chi connectivity index (χ1) is 7.74. The number of rotatable bonds is 2. The van der Waals surface area contributed by atoms with E-state index in [-0.39, 0.29) is 5.41 Å². The van der Waals surface area contributed by atoms with E-state index in [1.54, 1.807) is 0 Å². The van der Waals surface area contributed by atoms with Crippen molar-refractivity contribution in [3.8, 4) is 0 Å². The lowest BCUT2D eigenvalue weighted by molar-refractivity contribution is 0.340. The fourth-order valence-electron chi connectivity index (χ4n) is 3.46. The summed E-state index contributed by atoms with van der Waals surface area (Å²) in [5, 5.41) is 3.69. The molecule has 0 radical (unpaired) electrons. The molecule has 2 aliphatic rings. The Morgan fingerprint density at radius 1 is 1.44 bits per heavy atom. The molecule has 0 amide bonds. The maximum atomic E-state index is 6.08. The molecule has 3 rings (SSSR count). The minimum Gasteiger partial charge on any atom is -0.330 e. The Balaban J connectivity index is 2.02. The van der Waals surface area contributed by atoms with Crippen LogP contribution >= 0.6 is 15.9 Å². The first-order valence-electron chi connectivity index (χ1n) is 5.97. The van der Waals surface area contributed by atoms with Gasteiger partial charge in [0.05, 0.1) is 0 Å². The molecule has 0 spiro atoms. The number of fused-ring (bicyclic) bond motifs is 2. The van der Waals surface area contributed by atoms with Gasteiger partial charge < -0.3 is 11.1 Å². The van der Waals surface area contributed by atoms with E-state index < -0.39 is 0 Å². The molecule has 0 saturated carbocycles. The molecule has 86 valence electrons. The van der Waals surface area contributed by atoms with Crippen LogP contribution in [0.1, 0.15) is 24.8 Å². The second-order valence-corrected chi connectivity index (χ2v) is 5.98. The molecule has 0 aromatic heterocycles. The highest BCUT2D eigenvalue weighted by Crippen LogP contribution is 2.45. The van der Waals surface area contributed by atoms with Gasteiger partial charge in [-0.05, 0) is 37.0 Å². The number of halogens is 1. The zero-order chi connectivity index (χ0) is 11.2. The molecular formula is C13H17BrN2. The monoisotopic (exact) mass is 280 g/mol. The first kappa shape index (κ1) is 10.8. The average molecular weight is 281 g/mol. The molecule has 1 aromatic carbocycles. The number of nitrogens with two attached hydrogens (primary N) is 1. The summed E-state index contributed by atoms with van der Waals surface area (Å²) in [6, 6.07) is 9.91. The quantitative estimate of drug-likeness (QED) is 0.872. The number of hydrogen-bond donors (Lipinski definition) is 2. The van der Waals surface area contributed by atoms with E-state index in [0.717, 1.165) is 11.0 Å². The van der Waals surface area contributed by atoms with Gasteiger partial charge in [0.25, 0.3) is 0 Å². The maximum Gasteiger partial charge on any atom is 0.0244 e. The number of hydrogen-bond acceptors (Lipinski definition) is 2. The van der Waals surface area contributed by atoms with Crippen LogP contribution in [0.3, 0.4) is 0 Å². The SMILES string of the molecule is NCC1(c2cccc(Br)c2)CC2CCC1N2. The van der Waals surface area contributed by atoms with Crippen LogP contribution in [0.5, 0.6) is 0 Å². The van der Waals surface area contributed by atoms with Crippen molar-refractivity contribution in [3.63, 3.8) is 0 Å². The summed E-state index contributed by atoms with van der Waals surface area (Å²) in [6.45, 7) is 0.748. The molecule has 3 N–H and O–H groups in total. The van der Waals surface area contributed by atoms with Gasteiger partial charge in [-0.1, -0.05) is 28.1 Å². The average Bonchev–Trinajstić information content (AvgIpc) is 2.89. The predicted molar refractivity (Wildman–Crippen MR) is 69.4 cm³/mol. The first-order valence-corrected chi connectivity index (χ1v) is 6.76. The van der Waals surface area contributed by atoms with Crippen molar-refractivity contribution in [2.75, 3.05) is 6.54 Å². The second kappa shape index (κ2) is 3.83. The molecule has 16 heavy (non-hydrogen) atoms. The van der Waals surface area contributed by atoms with Gasteiger partial charge in [0.1, 0.15) is 0 Å². The Bertz CT molecular complexity index is 407. The smallest absolute Gasteiger partial charge is 0.0244 e. The zero-order valence-corrected chi connectivity index (χ0v) is 10.8. The molecule has 3 unspecified atom stereocenters. The third-order valence-electron chi connectivity index (χ3n) is 4.28. The Labute approximate surface area is 105 Å². The third-order valence-corrected chi connectivity index (χ3v) is 4.78. The Kier molecular flexibility index (Phi) is 2.57. The highest BCUT2D eigenvalue weighted by atomic mass is 79.9. The van der Waals surface area contributed by atoms with Crippen molar-refractivity contribution in [1.29, 1.82) is 0 Å². The van der Waals surface area contributed by atoms with Gasteiger partial charge in [0, 0.05) is 28.5 Å². The molecule has 3 atom stereocenters. The van der Waals surface area contributed by atoms with E-state index >= 15 is 0 Å². The van der Waals surface area contributed by atoms with Crippen LogP contribution in [0.15, 0.2) is 28.7 Å². The van der Waals surface area contributed by atoms with Gasteiger partial charge >= 0.3 is 0 Å². The summed E-state index contributed by atoms with van der Waals surface area (Å²) < 4.78 is 1.15. The summed E-state index contributed by atoms with van der Waals surface area (Å²) in [7, 11) is 0. The van der Waals surface area contributed by atoms with E-state index in [2.05, 4.69) is 45.5 Å². The lowest BCUT2D eigenvalue weighted by Crippen LogP contribution is -2.45. The Hall–Kier alpha value is -0.380. The Morgan fingerprint density at radius 2 is 2.31 bits per heavy atom. The van der Waals surface area contributed by atoms with E-state index in [0.29, 0.717) is 12.1 Å². The molecule has 2 bridgehead atoms. The van der Waals surface area contributed by atoms with Crippen LogP contribution in [0.4, 0.5) is 0 Å². The molecule has 2 fully saturated rings. The van der Waals surface area contributed by atoms with Gasteiger partial charge in [-0.15, -0.1) is 0 Å². The number of benzene rings is 1. The normalized spacial score (nSPS) is 36.9. The number of nitrogens with one attached hydrogen (secondary N) is 1. The molecule has 2 nitrogen and oxygen atoms in total. The highest BCUT2D eigenvalue weighted by molar-refractivity contribution is 9.10. The highest BCUT2D eigenvalue weighted by Gasteiger charge is 2.50. The van der Waals surface area contributed by atoms with Crippen LogP contribution in [0, 0.1) is 0 Å². The fraction of sp³-hybridized carbons (Fsp3) is 0.538. The van der Waals surface area contributed by atoms with Crippen molar-refractivity contribution in [2.45, 2.75) is 36.8 Å². The molecule has 2 aliphatic heterocycles. The van der Waals surface area contributed by atoms with Crippen molar-refractivity contribution in [2.24, 2.45) is 5.73 Å². The molecule has 3 heteroatoms. The van der Waals surface area contributed by atoms with E-state index in [9.17, 15) is 0 Å². The van der Waals surface area contributed by atoms with Crippen molar-refractivity contribution in [1.82, 2.24) is 5.32 Å². The predicted octanol–water partition coefficient (Wildman–Crippen LogP) is 2.17. The van der Waals surface area contributed by atoms with Gasteiger partial charge in [-0.25, -0.2) is 0 Å². The topological polar surface area (TPSA) is 38.0 Å². The van der Waals surface area contributed by atoms with Gasteiger partial charge in [0.2, 0.25) is 0 Å². The summed E-state index contributed by atoms with van der Waals surface area (Å²) in [5.41, 5.74) is 7.65. The van der Waals surface area contributed by atoms with E-state index in [1.807, 2.05) is 0 Å². The Morgan fingerprint density at radius 3 is 2.88 bits per heavy atom. The van der Waals surface area contributed by atoms with E-state index in [4.69, 9.17) is 5.73 Å². The van der Waals surface area contributed by atoms with Crippen LogP contribution in [0.25, 0.3) is 0 Å². The van der Waals surface area contributed by atoms with Gasteiger partial charge in [-0.2, -0.15) is 0 Å². The second-order valence-electron chi connectivity index (χ2n) is 5.07. The van der Waals surface area contributed by atoms with Gasteiger partial charge in [-0.3, -0.25) is 0 Å². The summed E-state index contributed by atoms with van der Waals surface area (Å²) in [6.07, 6.45) is 3.79. The summed E-state index contributed by atoms with van der Waals surface area (Å²) in [4.78, 5) is 0. The molecule has 2 heterocycles. The zero-order valence-electron chi connectivity index (χ0n) is 9.25. The molecule has 0 aliphatic carbocycles. The standard InChI is InChI=1S/C13H17BrN2/c14-10-3-1-2-9(6-10)13(8-15)7-11-4-5-12(13)16-11/h1-3,6,11-12,16H,4-5,7-8,15H2. The molecule has 2 saturated heterocycles. The minimum absolute atomic E-state index is 0.173. The third kappa shape index (κ3) is 1.45. The lowest BCUT2D eigenvalue weighted by Gasteiger charge is -2.36. The fourth-order valence-corrected chi connectivity index (χ4v) is 3.86. The van der Waals surface area contributed by atoms with Crippen molar-refractivity contribution < 1.29 is 0 Å². The summed E-state index contributed by atoms with van der Waals surface area (Å²) in [5.74, 6) is 0. The molecule has 1 aromatic rings. The lowest BCUT2D eigenvalue weighted by atomic mass is 9.69. The molecular weight excluding hydrogens is 264 g/mol. The summed E-state index contributed by atoms with van der Waals surface area (Å²) >= 11 is 3.55. The van der Waals surface area contributed by atoms with Crippen molar-refractivity contribution in [3.05, 3.63) is 34.3 Å². The van der Waals surface area contributed by atoms with Crippen LogP contribution < -0.4 is 11.1 Å². The largest absolute Gasteiger partial charge is 0.330 e. The van der Waals surface area contributed by atoms with Crippen LogP contribution in [-0.4, -0.2) is 18.6 Å².